The van der Waals surface area contributed by atoms with Crippen LogP contribution in [0, 0.1) is 0 Å². The van der Waals surface area contributed by atoms with E-state index in [1.54, 1.807) is 6.20 Å². The van der Waals surface area contributed by atoms with Gasteiger partial charge in [-0.3, -0.25) is 9.78 Å². The first-order valence-corrected chi connectivity index (χ1v) is 6.94. The lowest BCUT2D eigenvalue weighted by atomic mass is 10.1. The fourth-order valence-electron chi connectivity index (χ4n) is 2.29. The highest BCUT2D eigenvalue weighted by atomic mass is 16.1. The molecule has 0 fully saturated rings. The molecule has 0 radical (unpaired) electrons. The van der Waals surface area contributed by atoms with Crippen LogP contribution in [0.2, 0.25) is 0 Å². The average Bonchev–Trinajstić information content (AvgIpc) is 2.54. The molecule has 3 heteroatoms. The summed E-state index contributed by atoms with van der Waals surface area (Å²) in [5, 5.41) is 5.14. The molecule has 1 amide bonds. The number of nitrogens with one attached hydrogen (secondary N) is 1. The minimum Gasteiger partial charge on any atom is -0.352 e. The van der Waals surface area contributed by atoms with Crippen molar-refractivity contribution >= 4 is 16.7 Å². The lowest BCUT2D eigenvalue weighted by Gasteiger charge is -2.06. The van der Waals surface area contributed by atoms with Crippen LogP contribution in [0.5, 0.6) is 0 Å². The molecule has 2 aromatic carbocycles. The van der Waals surface area contributed by atoms with Crippen molar-refractivity contribution in [2.45, 2.75) is 13.0 Å². The molecule has 3 nitrogen and oxygen atoms in total. The summed E-state index contributed by atoms with van der Waals surface area (Å²) in [7, 11) is 0. The van der Waals surface area contributed by atoms with Crippen molar-refractivity contribution < 1.29 is 4.79 Å². The number of fused-ring (bicyclic) bond motifs is 1. The van der Waals surface area contributed by atoms with Crippen molar-refractivity contribution in [3.8, 4) is 0 Å². The summed E-state index contributed by atoms with van der Waals surface area (Å²) in [4.78, 5) is 16.1. The number of carbonyl (C=O) groups excluding carboxylic acids is 1. The number of hydrogen-bond acceptors (Lipinski definition) is 2. The Labute approximate surface area is 123 Å². The Balaban J connectivity index is 1.63. The van der Waals surface area contributed by atoms with E-state index in [2.05, 4.69) is 10.3 Å². The predicted molar refractivity (Wildman–Crippen MR) is 83.7 cm³/mol. The van der Waals surface area contributed by atoms with E-state index in [1.807, 2.05) is 60.8 Å². The van der Waals surface area contributed by atoms with E-state index in [-0.39, 0.29) is 5.91 Å². The molecule has 0 spiro atoms. The van der Waals surface area contributed by atoms with E-state index < -0.39 is 0 Å². The monoisotopic (exact) mass is 276 g/mol. The molecule has 0 aliphatic heterocycles. The molecule has 0 aliphatic rings. The van der Waals surface area contributed by atoms with Crippen LogP contribution in [0.25, 0.3) is 10.8 Å². The van der Waals surface area contributed by atoms with Gasteiger partial charge in [-0.05, 0) is 28.6 Å². The Morgan fingerprint density at radius 2 is 1.81 bits per heavy atom. The number of nitrogens with zero attached hydrogens (tertiary/aromatic N) is 1. The minimum atomic E-state index is 0.0297. The molecule has 0 aliphatic carbocycles. The summed E-state index contributed by atoms with van der Waals surface area (Å²) in [6, 6.07) is 17.9. The van der Waals surface area contributed by atoms with Gasteiger partial charge >= 0.3 is 0 Å². The van der Waals surface area contributed by atoms with Crippen molar-refractivity contribution in [3.63, 3.8) is 0 Å². The molecule has 0 atom stereocenters. The Morgan fingerprint density at radius 3 is 2.67 bits per heavy atom. The van der Waals surface area contributed by atoms with Gasteiger partial charge in [-0.25, -0.2) is 0 Å². The number of carbonyl (C=O) groups is 1. The second-order valence-electron chi connectivity index (χ2n) is 5.00. The zero-order chi connectivity index (χ0) is 14.5. The molecule has 0 unspecified atom stereocenters. The zero-order valence-corrected chi connectivity index (χ0v) is 11.6. The predicted octanol–water partition coefficient (Wildman–Crippen LogP) is 3.09. The van der Waals surface area contributed by atoms with Gasteiger partial charge in [-0.15, -0.1) is 0 Å². The smallest absolute Gasteiger partial charge is 0.224 e. The molecule has 0 saturated heterocycles. The van der Waals surface area contributed by atoms with E-state index in [4.69, 9.17) is 0 Å². The van der Waals surface area contributed by atoms with Gasteiger partial charge in [-0.1, -0.05) is 42.5 Å². The number of rotatable bonds is 4. The highest BCUT2D eigenvalue weighted by molar-refractivity contribution is 5.84. The van der Waals surface area contributed by atoms with E-state index in [9.17, 15) is 4.79 Å². The molecule has 104 valence electrons. The number of hydrogen-bond donors (Lipinski definition) is 1. The van der Waals surface area contributed by atoms with E-state index in [1.165, 1.54) is 0 Å². The summed E-state index contributed by atoms with van der Waals surface area (Å²) in [5.41, 5.74) is 2.11. The van der Waals surface area contributed by atoms with Gasteiger partial charge in [0.15, 0.2) is 0 Å². The van der Waals surface area contributed by atoms with Crippen molar-refractivity contribution in [3.05, 3.63) is 78.1 Å². The third-order valence-corrected chi connectivity index (χ3v) is 3.40. The van der Waals surface area contributed by atoms with Gasteiger partial charge in [0, 0.05) is 24.3 Å². The quantitative estimate of drug-likeness (QED) is 0.795. The molecule has 0 saturated carbocycles. The summed E-state index contributed by atoms with van der Waals surface area (Å²) < 4.78 is 0. The van der Waals surface area contributed by atoms with Crippen molar-refractivity contribution in [1.29, 1.82) is 0 Å². The zero-order valence-electron chi connectivity index (χ0n) is 11.6. The summed E-state index contributed by atoms with van der Waals surface area (Å²) in [6.07, 6.45) is 3.98. The Bertz CT molecular complexity index is 753. The second-order valence-corrected chi connectivity index (χ2v) is 5.00. The lowest BCUT2D eigenvalue weighted by molar-refractivity contribution is -0.120. The maximum atomic E-state index is 12.0. The first-order valence-electron chi connectivity index (χ1n) is 6.94. The Morgan fingerprint density at radius 1 is 0.952 bits per heavy atom. The number of aromatic nitrogens is 1. The van der Waals surface area contributed by atoms with Crippen LogP contribution in [-0.2, 0) is 17.8 Å². The molecule has 21 heavy (non-hydrogen) atoms. The van der Waals surface area contributed by atoms with Crippen LogP contribution >= 0.6 is 0 Å². The van der Waals surface area contributed by atoms with Crippen LogP contribution < -0.4 is 5.32 Å². The number of amides is 1. The maximum absolute atomic E-state index is 12.0. The molecule has 1 N–H and O–H groups in total. The summed E-state index contributed by atoms with van der Waals surface area (Å²) >= 11 is 0. The van der Waals surface area contributed by atoms with E-state index >= 15 is 0 Å². The fourth-order valence-corrected chi connectivity index (χ4v) is 2.29. The highest BCUT2D eigenvalue weighted by Crippen LogP contribution is 2.14. The largest absolute Gasteiger partial charge is 0.352 e. The normalized spacial score (nSPS) is 10.5. The van der Waals surface area contributed by atoms with Crippen molar-refractivity contribution in [1.82, 2.24) is 10.3 Å². The SMILES string of the molecule is O=C(Cc1ccc2ccncc2c1)NCc1ccccc1. The molecule has 0 bridgehead atoms. The molecule has 3 rings (SSSR count). The molecular formula is C18H16N2O. The van der Waals surface area contributed by atoms with Gasteiger partial charge in [0.05, 0.1) is 6.42 Å². The van der Waals surface area contributed by atoms with Crippen LogP contribution in [0.4, 0.5) is 0 Å². The first-order chi connectivity index (χ1) is 10.3. The summed E-state index contributed by atoms with van der Waals surface area (Å²) in [5.74, 6) is 0.0297. The van der Waals surface area contributed by atoms with Gasteiger partial charge in [0.2, 0.25) is 5.91 Å². The number of benzene rings is 2. The average molecular weight is 276 g/mol. The van der Waals surface area contributed by atoms with Crippen molar-refractivity contribution in [2.24, 2.45) is 0 Å². The number of pyridine rings is 1. The third kappa shape index (κ3) is 3.45. The fraction of sp³-hybridized carbons (Fsp3) is 0.111. The Hall–Kier alpha value is -2.68. The highest BCUT2D eigenvalue weighted by Gasteiger charge is 2.04. The first kappa shape index (κ1) is 13.3. The van der Waals surface area contributed by atoms with Gasteiger partial charge in [0.1, 0.15) is 0 Å². The minimum absolute atomic E-state index is 0.0297. The third-order valence-electron chi connectivity index (χ3n) is 3.40. The molecule has 1 aromatic heterocycles. The summed E-state index contributed by atoms with van der Waals surface area (Å²) in [6.45, 7) is 0.564. The van der Waals surface area contributed by atoms with Gasteiger partial charge in [0.25, 0.3) is 0 Å². The van der Waals surface area contributed by atoms with E-state index in [0.717, 1.165) is 21.9 Å². The van der Waals surface area contributed by atoms with Crippen molar-refractivity contribution in [2.75, 3.05) is 0 Å². The van der Waals surface area contributed by atoms with Gasteiger partial charge < -0.3 is 5.32 Å². The Kier molecular flexibility index (Phi) is 3.92. The lowest BCUT2D eigenvalue weighted by Crippen LogP contribution is -2.24. The van der Waals surface area contributed by atoms with Crippen LogP contribution in [0.3, 0.4) is 0 Å². The maximum Gasteiger partial charge on any atom is 0.224 e. The van der Waals surface area contributed by atoms with Crippen LogP contribution in [0.15, 0.2) is 67.0 Å². The molecule has 1 heterocycles. The standard InChI is InChI=1S/C18H16N2O/c21-18(20-12-14-4-2-1-3-5-14)11-15-6-7-16-8-9-19-13-17(16)10-15/h1-10,13H,11-12H2,(H,20,21). The van der Waals surface area contributed by atoms with Gasteiger partial charge in [-0.2, -0.15) is 0 Å². The van der Waals surface area contributed by atoms with E-state index in [0.29, 0.717) is 13.0 Å². The molecule has 3 aromatic rings. The van der Waals surface area contributed by atoms with Crippen LogP contribution in [-0.4, -0.2) is 10.9 Å². The second kappa shape index (κ2) is 6.18. The topological polar surface area (TPSA) is 42.0 Å². The van der Waals surface area contributed by atoms with Crippen LogP contribution in [0.1, 0.15) is 11.1 Å². The molecular weight excluding hydrogens is 260 g/mol.